The van der Waals surface area contributed by atoms with Gasteiger partial charge in [0.15, 0.2) is 0 Å². The minimum absolute atomic E-state index is 0.258. The molecule has 5 aliphatic rings. The van der Waals surface area contributed by atoms with Gasteiger partial charge in [-0.05, 0) is 0 Å². The van der Waals surface area contributed by atoms with Crippen LogP contribution in [-0.4, -0.2) is 8.07 Å². The first-order valence-electron chi connectivity index (χ1n) is 16.1. The molecule has 0 amide bonds. The van der Waals surface area contributed by atoms with Crippen molar-refractivity contribution < 1.29 is 17.9 Å². The van der Waals surface area contributed by atoms with E-state index in [2.05, 4.69) is 65.8 Å². The molecule has 0 nitrogen and oxygen atoms in total. The Morgan fingerprint density at radius 3 is 1.27 bits per heavy atom. The third-order valence-electron chi connectivity index (χ3n) is 12.2. The summed E-state index contributed by atoms with van der Waals surface area (Å²) in [7, 11) is 14.0. The zero-order valence-electron chi connectivity index (χ0n) is 25.4. The van der Waals surface area contributed by atoms with Crippen molar-refractivity contribution >= 4 is 35.5 Å². The van der Waals surface area contributed by atoms with E-state index in [0.717, 1.165) is 11.1 Å². The molecule has 2 unspecified atom stereocenters. The molecule has 2 aromatic rings. The zero-order chi connectivity index (χ0) is 28.1. The Bertz CT molecular complexity index is 1360. The van der Waals surface area contributed by atoms with Crippen LogP contribution in [0.1, 0.15) is 130 Å². The van der Waals surface area contributed by atoms with E-state index in [4.69, 9.17) is 17.0 Å². The first-order valence-corrected chi connectivity index (χ1v) is 27.5. The number of aryl methyl sites for hydroxylation is 4. The first-order chi connectivity index (χ1) is 19.1. The van der Waals surface area contributed by atoms with Crippen LogP contribution in [0, 0.1) is 27.7 Å². The summed E-state index contributed by atoms with van der Waals surface area (Å²) in [6.07, 6.45) is 14.1. The second-order valence-corrected chi connectivity index (χ2v) is 33.2. The quantitative estimate of drug-likeness (QED) is 0.279. The number of benzene rings is 2. The SMILES string of the molecule is CC1=C2c3c(C)ccc(C)c3[CH]1[Zr]([Cl])([Cl])[CH]1C(C)=C(c3c(C)ccc(C)c31)[Si]2(C1CCCCC1)C1CCCCC1. The van der Waals surface area contributed by atoms with Crippen molar-refractivity contribution in [2.24, 2.45) is 0 Å². The molecule has 212 valence electrons. The fraction of sp³-hybridized carbons (Fsp3) is 0.556. The Hall–Kier alpha value is -0.400. The summed E-state index contributed by atoms with van der Waals surface area (Å²) in [5, 5.41) is 3.69. The predicted molar refractivity (Wildman–Crippen MR) is 174 cm³/mol. The van der Waals surface area contributed by atoms with E-state index in [1.54, 1.807) is 33.4 Å². The van der Waals surface area contributed by atoms with Gasteiger partial charge in [0.25, 0.3) is 0 Å². The van der Waals surface area contributed by atoms with E-state index >= 15 is 0 Å². The van der Waals surface area contributed by atoms with E-state index in [1.165, 1.54) is 86.5 Å². The molecule has 7 rings (SSSR count). The second-order valence-electron chi connectivity index (χ2n) is 14.2. The molecule has 4 bridgehead atoms. The summed E-state index contributed by atoms with van der Waals surface area (Å²) in [5.41, 5.74) is 17.1. The summed E-state index contributed by atoms with van der Waals surface area (Å²) >= 11 is -3.91. The van der Waals surface area contributed by atoms with Crippen LogP contribution in [-0.2, 0) is 17.9 Å². The standard InChI is InChI=1S/C36H46Si.2ClH.Zr/c1-23-17-19-25(3)33-31(23)21-27(5)35(33)37(29-13-9-7-10-14-29,30-15-11-8-12-16-30)36-28(6)22-32-24(2)18-20-26(4)34(32)36;;;/h17-22,29-30H,7-16H2,1-6H3;2*1H;/q;;;+2/p-2. The zero-order valence-corrected chi connectivity index (χ0v) is 30.4. The van der Waals surface area contributed by atoms with E-state index in [0.29, 0.717) is 0 Å². The fourth-order valence-electron chi connectivity index (χ4n) is 10.8. The molecule has 0 N–H and O–H groups in total. The Morgan fingerprint density at radius 2 is 0.900 bits per heavy atom. The van der Waals surface area contributed by atoms with Crippen LogP contribution in [0.15, 0.2) is 35.4 Å². The summed E-state index contributed by atoms with van der Waals surface area (Å²) in [5.74, 6) is 0. The number of hydrogen-bond acceptors (Lipinski definition) is 0. The van der Waals surface area contributed by atoms with E-state index in [-0.39, 0.29) is 7.25 Å². The fourth-order valence-corrected chi connectivity index (χ4v) is 34.3. The molecule has 4 heteroatoms. The molecule has 2 saturated carbocycles. The van der Waals surface area contributed by atoms with Crippen LogP contribution >= 0.6 is 17.0 Å². The second kappa shape index (κ2) is 10.1. The predicted octanol–water partition coefficient (Wildman–Crippen LogP) is 11.9. The van der Waals surface area contributed by atoms with Gasteiger partial charge in [-0.15, -0.1) is 0 Å². The average molecular weight is 669 g/mol. The van der Waals surface area contributed by atoms with Gasteiger partial charge < -0.3 is 0 Å². The van der Waals surface area contributed by atoms with Crippen molar-refractivity contribution in [1.29, 1.82) is 0 Å². The summed E-state index contributed by atoms with van der Waals surface area (Å²) < 4.78 is 0.517. The van der Waals surface area contributed by atoms with Gasteiger partial charge in [0.1, 0.15) is 0 Å². The number of hydrogen-bond donors (Lipinski definition) is 0. The molecular weight excluding hydrogens is 623 g/mol. The Morgan fingerprint density at radius 1 is 0.550 bits per heavy atom. The van der Waals surface area contributed by atoms with Crippen molar-refractivity contribution in [2.75, 3.05) is 0 Å². The van der Waals surface area contributed by atoms with Gasteiger partial charge in [0.05, 0.1) is 0 Å². The monoisotopic (exact) mass is 666 g/mol. The van der Waals surface area contributed by atoms with Gasteiger partial charge >= 0.3 is 257 Å². The molecule has 2 fully saturated rings. The number of rotatable bonds is 2. The van der Waals surface area contributed by atoms with Gasteiger partial charge in [0.2, 0.25) is 0 Å². The minimum atomic E-state index is -3.91. The third-order valence-corrected chi connectivity index (χ3v) is 31.3. The normalized spacial score (nSPS) is 27.5. The number of allylic oxidation sites excluding steroid dienone is 2. The van der Waals surface area contributed by atoms with Gasteiger partial charge in [-0.3, -0.25) is 0 Å². The Labute approximate surface area is 255 Å². The molecule has 1 aliphatic heterocycles. The molecule has 2 aromatic carbocycles. The van der Waals surface area contributed by atoms with Crippen LogP contribution in [0.3, 0.4) is 0 Å². The summed E-state index contributed by atoms with van der Waals surface area (Å²) in [6.45, 7) is 14.5. The molecule has 40 heavy (non-hydrogen) atoms. The van der Waals surface area contributed by atoms with Crippen molar-refractivity contribution in [3.05, 3.63) is 79.9 Å². The van der Waals surface area contributed by atoms with Crippen LogP contribution in [0.2, 0.25) is 11.1 Å². The van der Waals surface area contributed by atoms with Crippen LogP contribution in [0.4, 0.5) is 0 Å². The summed E-state index contributed by atoms with van der Waals surface area (Å²) in [6, 6.07) is 9.60. The summed E-state index contributed by atoms with van der Waals surface area (Å²) in [4.78, 5) is 0. The maximum atomic E-state index is 8.12. The third kappa shape index (κ3) is 3.64. The van der Waals surface area contributed by atoms with Crippen LogP contribution in [0.5, 0.6) is 0 Å². The van der Waals surface area contributed by atoms with Crippen LogP contribution in [0.25, 0.3) is 10.4 Å². The van der Waals surface area contributed by atoms with Crippen molar-refractivity contribution in [1.82, 2.24) is 0 Å². The number of fused-ring (bicyclic) bond motifs is 8. The van der Waals surface area contributed by atoms with Crippen molar-refractivity contribution in [3.63, 3.8) is 0 Å². The Kier molecular flexibility index (Phi) is 7.15. The molecule has 4 aliphatic carbocycles. The molecule has 0 spiro atoms. The van der Waals surface area contributed by atoms with E-state index in [1.807, 2.05) is 10.4 Å². The van der Waals surface area contributed by atoms with Gasteiger partial charge in [-0.25, -0.2) is 0 Å². The topological polar surface area (TPSA) is 0 Å². The molecule has 0 aromatic heterocycles. The van der Waals surface area contributed by atoms with Gasteiger partial charge in [-0.1, -0.05) is 0 Å². The van der Waals surface area contributed by atoms with Crippen molar-refractivity contribution in [2.45, 2.75) is 124 Å². The number of halogens is 2. The van der Waals surface area contributed by atoms with E-state index < -0.39 is 26.0 Å². The maximum absolute atomic E-state index is 8.12. The molecule has 0 radical (unpaired) electrons. The van der Waals surface area contributed by atoms with Gasteiger partial charge in [-0.2, -0.15) is 0 Å². The average Bonchev–Trinajstić information content (AvgIpc) is 3.46. The Balaban J connectivity index is 1.69. The van der Waals surface area contributed by atoms with Crippen molar-refractivity contribution in [3.8, 4) is 0 Å². The van der Waals surface area contributed by atoms with Gasteiger partial charge in [0, 0.05) is 0 Å². The molecule has 1 heterocycles. The molecule has 2 atom stereocenters. The molecule has 0 saturated heterocycles. The first kappa shape index (κ1) is 28.4. The van der Waals surface area contributed by atoms with Crippen LogP contribution < -0.4 is 0 Å². The molecular formula is C36H46Cl2SiZr. The van der Waals surface area contributed by atoms with E-state index in [9.17, 15) is 0 Å².